The van der Waals surface area contributed by atoms with Crippen molar-refractivity contribution in [3.05, 3.63) is 16.9 Å². The van der Waals surface area contributed by atoms with E-state index in [9.17, 15) is 0 Å². The fourth-order valence-electron chi connectivity index (χ4n) is 1.87. The van der Waals surface area contributed by atoms with Gasteiger partial charge in [-0.2, -0.15) is 0 Å². The number of hydrogen-bond donors (Lipinski definition) is 1. The molecule has 4 heteroatoms. The molecule has 0 spiro atoms. The van der Waals surface area contributed by atoms with Gasteiger partial charge in [0, 0.05) is 18.9 Å². The third-order valence-corrected chi connectivity index (χ3v) is 3.05. The van der Waals surface area contributed by atoms with Gasteiger partial charge >= 0.3 is 0 Å². The number of nitrogens with one attached hydrogen (secondary N) is 1. The molecule has 0 saturated heterocycles. The number of anilines is 1. The molecule has 1 aliphatic rings. The Hall–Kier alpha value is -0.640. The standard InChI is InChI=1S/C10H14BrN3/c1-7-2-8(3-7)4-12-10-13-5-9(11)6-14-10/h5-8H,2-4H2,1H3,(H,12,13,14). The van der Waals surface area contributed by atoms with Gasteiger partial charge in [-0.05, 0) is 40.6 Å². The second-order valence-electron chi connectivity index (χ2n) is 4.05. The lowest BCUT2D eigenvalue weighted by Crippen LogP contribution is -2.28. The molecule has 3 nitrogen and oxygen atoms in total. The Morgan fingerprint density at radius 2 is 2.07 bits per heavy atom. The first kappa shape index (κ1) is 9.90. The van der Waals surface area contributed by atoms with Crippen LogP contribution in [0.25, 0.3) is 0 Å². The normalized spacial score (nSPS) is 25.6. The van der Waals surface area contributed by atoms with Crippen LogP contribution in [0.15, 0.2) is 16.9 Å². The van der Waals surface area contributed by atoms with E-state index in [0.717, 1.165) is 28.8 Å². The highest BCUT2D eigenvalue weighted by Gasteiger charge is 2.24. The second kappa shape index (κ2) is 4.26. The summed E-state index contributed by atoms with van der Waals surface area (Å²) < 4.78 is 0.917. The number of nitrogens with zero attached hydrogens (tertiary/aromatic N) is 2. The Kier molecular flexibility index (Phi) is 3.01. The van der Waals surface area contributed by atoms with Crippen LogP contribution in [0.5, 0.6) is 0 Å². The molecular formula is C10H14BrN3. The Labute approximate surface area is 92.5 Å². The fraction of sp³-hybridized carbons (Fsp3) is 0.600. The molecule has 2 rings (SSSR count). The predicted octanol–water partition coefficient (Wildman–Crippen LogP) is 2.70. The number of halogens is 1. The van der Waals surface area contributed by atoms with Crippen LogP contribution in [0.2, 0.25) is 0 Å². The highest BCUT2D eigenvalue weighted by Crippen LogP contribution is 2.32. The van der Waals surface area contributed by atoms with Crippen molar-refractivity contribution in [1.29, 1.82) is 0 Å². The maximum absolute atomic E-state index is 4.16. The van der Waals surface area contributed by atoms with E-state index in [4.69, 9.17) is 0 Å². The minimum atomic E-state index is 0.729. The maximum atomic E-state index is 4.16. The van der Waals surface area contributed by atoms with Crippen molar-refractivity contribution in [2.75, 3.05) is 11.9 Å². The van der Waals surface area contributed by atoms with E-state index in [0.29, 0.717) is 0 Å². The summed E-state index contributed by atoms with van der Waals surface area (Å²) in [7, 11) is 0. The molecule has 0 atom stereocenters. The monoisotopic (exact) mass is 255 g/mol. The first-order chi connectivity index (χ1) is 6.74. The third-order valence-electron chi connectivity index (χ3n) is 2.64. The highest BCUT2D eigenvalue weighted by molar-refractivity contribution is 9.10. The average molecular weight is 256 g/mol. The lowest BCUT2D eigenvalue weighted by Gasteiger charge is -2.32. The zero-order valence-electron chi connectivity index (χ0n) is 8.20. The number of hydrogen-bond acceptors (Lipinski definition) is 3. The molecule has 0 radical (unpaired) electrons. The third kappa shape index (κ3) is 2.44. The van der Waals surface area contributed by atoms with Gasteiger partial charge < -0.3 is 5.32 Å². The molecule has 76 valence electrons. The van der Waals surface area contributed by atoms with Crippen molar-refractivity contribution >= 4 is 21.9 Å². The summed E-state index contributed by atoms with van der Waals surface area (Å²) in [5.41, 5.74) is 0. The minimum absolute atomic E-state index is 0.729. The molecule has 0 amide bonds. The van der Waals surface area contributed by atoms with Crippen LogP contribution < -0.4 is 5.32 Å². The van der Waals surface area contributed by atoms with Crippen LogP contribution in [0, 0.1) is 11.8 Å². The Balaban J connectivity index is 1.78. The van der Waals surface area contributed by atoms with Gasteiger partial charge in [0.2, 0.25) is 5.95 Å². The lowest BCUT2D eigenvalue weighted by atomic mass is 9.76. The molecule has 1 saturated carbocycles. The van der Waals surface area contributed by atoms with Crippen molar-refractivity contribution in [2.24, 2.45) is 11.8 Å². The summed E-state index contributed by atoms with van der Waals surface area (Å²) in [4.78, 5) is 8.32. The van der Waals surface area contributed by atoms with Crippen LogP contribution in [-0.4, -0.2) is 16.5 Å². The van der Waals surface area contributed by atoms with E-state index in [1.165, 1.54) is 12.8 Å². The largest absolute Gasteiger partial charge is 0.354 e. The van der Waals surface area contributed by atoms with Gasteiger partial charge in [-0.3, -0.25) is 0 Å². The molecule has 1 aromatic rings. The van der Waals surface area contributed by atoms with Crippen molar-refractivity contribution in [1.82, 2.24) is 9.97 Å². The summed E-state index contributed by atoms with van der Waals surface area (Å²) in [5, 5.41) is 3.25. The van der Waals surface area contributed by atoms with Crippen molar-refractivity contribution in [3.8, 4) is 0 Å². The van der Waals surface area contributed by atoms with Crippen molar-refractivity contribution in [3.63, 3.8) is 0 Å². The van der Waals surface area contributed by atoms with Crippen LogP contribution in [0.4, 0.5) is 5.95 Å². The van der Waals surface area contributed by atoms with Gasteiger partial charge in [0.1, 0.15) is 0 Å². The highest BCUT2D eigenvalue weighted by atomic mass is 79.9. The van der Waals surface area contributed by atoms with Crippen LogP contribution in [0.3, 0.4) is 0 Å². The smallest absolute Gasteiger partial charge is 0.222 e. The second-order valence-corrected chi connectivity index (χ2v) is 4.96. The number of rotatable bonds is 3. The van der Waals surface area contributed by atoms with Crippen LogP contribution in [-0.2, 0) is 0 Å². The van der Waals surface area contributed by atoms with E-state index >= 15 is 0 Å². The van der Waals surface area contributed by atoms with E-state index in [-0.39, 0.29) is 0 Å². The minimum Gasteiger partial charge on any atom is -0.354 e. The maximum Gasteiger partial charge on any atom is 0.222 e. The molecule has 0 bridgehead atoms. The summed E-state index contributed by atoms with van der Waals surface area (Å²) in [5.74, 6) is 2.46. The molecule has 1 N–H and O–H groups in total. The van der Waals surface area contributed by atoms with Gasteiger partial charge in [0.25, 0.3) is 0 Å². The zero-order valence-corrected chi connectivity index (χ0v) is 9.79. The van der Waals surface area contributed by atoms with Gasteiger partial charge in [-0.15, -0.1) is 0 Å². The Morgan fingerprint density at radius 3 is 2.64 bits per heavy atom. The molecule has 0 unspecified atom stereocenters. The van der Waals surface area contributed by atoms with Crippen LogP contribution >= 0.6 is 15.9 Å². The predicted molar refractivity (Wildman–Crippen MR) is 60.1 cm³/mol. The summed E-state index contributed by atoms with van der Waals surface area (Å²) in [6, 6.07) is 0. The first-order valence-corrected chi connectivity index (χ1v) is 5.75. The molecular weight excluding hydrogens is 242 g/mol. The van der Waals surface area contributed by atoms with Crippen molar-refractivity contribution < 1.29 is 0 Å². The molecule has 1 fully saturated rings. The molecule has 0 aliphatic heterocycles. The lowest BCUT2D eigenvalue weighted by molar-refractivity contribution is 0.225. The molecule has 1 aliphatic carbocycles. The van der Waals surface area contributed by atoms with E-state index in [1.807, 2.05) is 0 Å². The van der Waals surface area contributed by atoms with E-state index < -0.39 is 0 Å². The Bertz CT molecular complexity index is 293. The topological polar surface area (TPSA) is 37.8 Å². The van der Waals surface area contributed by atoms with Gasteiger partial charge in [-0.25, -0.2) is 9.97 Å². The molecule has 1 heterocycles. The Morgan fingerprint density at radius 1 is 1.43 bits per heavy atom. The van der Waals surface area contributed by atoms with Crippen LogP contribution in [0.1, 0.15) is 19.8 Å². The first-order valence-electron chi connectivity index (χ1n) is 4.95. The van der Waals surface area contributed by atoms with Crippen molar-refractivity contribution in [2.45, 2.75) is 19.8 Å². The summed E-state index contributed by atoms with van der Waals surface area (Å²) >= 11 is 3.31. The van der Waals surface area contributed by atoms with E-state index in [2.05, 4.69) is 38.1 Å². The zero-order chi connectivity index (χ0) is 9.97. The van der Waals surface area contributed by atoms with Gasteiger partial charge in [-0.1, -0.05) is 6.92 Å². The molecule has 14 heavy (non-hydrogen) atoms. The molecule has 1 aromatic heterocycles. The molecule has 0 aromatic carbocycles. The number of aromatic nitrogens is 2. The fourth-order valence-corrected chi connectivity index (χ4v) is 2.08. The van der Waals surface area contributed by atoms with Gasteiger partial charge in [0.05, 0.1) is 4.47 Å². The SMILES string of the molecule is CC1CC(CNc2ncc(Br)cn2)C1. The van der Waals surface area contributed by atoms with Gasteiger partial charge in [0.15, 0.2) is 0 Å². The average Bonchev–Trinajstić information content (AvgIpc) is 2.13. The quantitative estimate of drug-likeness (QED) is 0.903. The summed E-state index contributed by atoms with van der Waals surface area (Å²) in [6.45, 7) is 3.30. The summed E-state index contributed by atoms with van der Waals surface area (Å²) in [6.07, 6.45) is 6.20. The van der Waals surface area contributed by atoms with E-state index in [1.54, 1.807) is 12.4 Å².